The molecule has 0 aromatic heterocycles. The van der Waals surface area contributed by atoms with Gasteiger partial charge in [0.25, 0.3) is 0 Å². The van der Waals surface area contributed by atoms with E-state index in [1.165, 1.54) is 12.8 Å². The van der Waals surface area contributed by atoms with Gasteiger partial charge in [0, 0.05) is 17.0 Å². The molecule has 13 heavy (non-hydrogen) atoms. The Morgan fingerprint density at radius 2 is 2.15 bits per heavy atom. The molecule has 3 N–H and O–H groups in total. The van der Waals surface area contributed by atoms with Crippen LogP contribution < -0.4 is 5.73 Å². The molecule has 0 bridgehead atoms. The van der Waals surface area contributed by atoms with E-state index >= 15 is 0 Å². The van der Waals surface area contributed by atoms with E-state index in [1.54, 1.807) is 11.8 Å². The predicted molar refractivity (Wildman–Crippen MR) is 54.9 cm³/mol. The van der Waals surface area contributed by atoms with Crippen LogP contribution in [0.25, 0.3) is 0 Å². The van der Waals surface area contributed by atoms with Gasteiger partial charge in [0.15, 0.2) is 0 Å². The van der Waals surface area contributed by atoms with Gasteiger partial charge in [0.05, 0.1) is 6.42 Å². The molecule has 2 atom stereocenters. The molecule has 1 rings (SSSR count). The number of thioether (sulfide) groups is 1. The smallest absolute Gasteiger partial charge is 0.304 e. The molecule has 0 aromatic carbocycles. The SMILES string of the molecule is NC1CCCCC1SCCC(=O)O. The summed E-state index contributed by atoms with van der Waals surface area (Å²) in [5, 5.41) is 8.96. The van der Waals surface area contributed by atoms with Gasteiger partial charge in [0.1, 0.15) is 0 Å². The summed E-state index contributed by atoms with van der Waals surface area (Å²) in [5.74, 6) is -0.00914. The Morgan fingerprint density at radius 3 is 2.77 bits per heavy atom. The molecule has 0 saturated heterocycles. The minimum Gasteiger partial charge on any atom is -0.481 e. The summed E-state index contributed by atoms with van der Waals surface area (Å²) >= 11 is 1.73. The zero-order valence-corrected chi connectivity index (χ0v) is 8.55. The summed E-state index contributed by atoms with van der Waals surface area (Å²) in [6.07, 6.45) is 5.00. The van der Waals surface area contributed by atoms with Gasteiger partial charge in [-0.3, -0.25) is 4.79 Å². The molecule has 1 saturated carbocycles. The lowest BCUT2D eigenvalue weighted by Gasteiger charge is -2.27. The van der Waals surface area contributed by atoms with Gasteiger partial charge >= 0.3 is 5.97 Å². The first-order chi connectivity index (χ1) is 6.20. The lowest BCUT2D eigenvalue weighted by atomic mass is 9.96. The highest BCUT2D eigenvalue weighted by Gasteiger charge is 2.21. The maximum atomic E-state index is 10.3. The van der Waals surface area contributed by atoms with E-state index in [-0.39, 0.29) is 12.5 Å². The lowest BCUT2D eigenvalue weighted by Crippen LogP contribution is -2.35. The zero-order valence-electron chi connectivity index (χ0n) is 7.74. The Balaban J connectivity index is 2.15. The van der Waals surface area contributed by atoms with Crippen LogP contribution in [0.5, 0.6) is 0 Å². The fraction of sp³-hybridized carbons (Fsp3) is 0.889. The third-order valence-corrected chi connectivity index (χ3v) is 3.85. The van der Waals surface area contributed by atoms with Crippen molar-refractivity contribution in [2.45, 2.75) is 43.4 Å². The second kappa shape index (κ2) is 5.50. The molecule has 0 aliphatic heterocycles. The number of carboxylic acid groups (broad SMARTS) is 1. The van der Waals surface area contributed by atoms with E-state index in [0.29, 0.717) is 11.0 Å². The van der Waals surface area contributed by atoms with Crippen molar-refractivity contribution in [2.24, 2.45) is 5.73 Å². The van der Waals surface area contributed by atoms with Crippen molar-refractivity contribution < 1.29 is 9.90 Å². The van der Waals surface area contributed by atoms with Crippen LogP contribution in [0, 0.1) is 0 Å². The first-order valence-electron chi connectivity index (χ1n) is 4.79. The van der Waals surface area contributed by atoms with Crippen LogP contribution in [0.15, 0.2) is 0 Å². The molecule has 0 aromatic rings. The van der Waals surface area contributed by atoms with Gasteiger partial charge in [-0.1, -0.05) is 12.8 Å². The Bertz CT molecular complexity index is 175. The molecule has 0 spiro atoms. The number of rotatable bonds is 4. The van der Waals surface area contributed by atoms with Crippen molar-refractivity contribution in [1.29, 1.82) is 0 Å². The molecule has 1 aliphatic rings. The van der Waals surface area contributed by atoms with Crippen LogP contribution in [-0.4, -0.2) is 28.1 Å². The first-order valence-corrected chi connectivity index (χ1v) is 5.84. The monoisotopic (exact) mass is 203 g/mol. The molecule has 3 nitrogen and oxygen atoms in total. The fourth-order valence-corrected chi connectivity index (χ4v) is 2.94. The standard InChI is InChI=1S/C9H17NO2S/c10-7-3-1-2-4-8(7)13-6-5-9(11)12/h7-8H,1-6,10H2,(H,11,12). The van der Waals surface area contributed by atoms with Gasteiger partial charge in [-0.25, -0.2) is 0 Å². The number of hydrogen-bond donors (Lipinski definition) is 2. The average molecular weight is 203 g/mol. The second-order valence-electron chi connectivity index (χ2n) is 3.50. The Labute approximate surface area is 83.1 Å². The summed E-state index contributed by atoms with van der Waals surface area (Å²) in [5.41, 5.74) is 5.93. The number of carbonyl (C=O) groups is 1. The number of carboxylic acids is 1. The molecular formula is C9H17NO2S. The van der Waals surface area contributed by atoms with Crippen molar-refractivity contribution in [3.63, 3.8) is 0 Å². The van der Waals surface area contributed by atoms with Crippen LogP contribution >= 0.6 is 11.8 Å². The van der Waals surface area contributed by atoms with Crippen molar-refractivity contribution in [1.82, 2.24) is 0 Å². The van der Waals surface area contributed by atoms with E-state index in [4.69, 9.17) is 10.8 Å². The quantitative estimate of drug-likeness (QED) is 0.726. The minimum absolute atomic E-state index is 0.258. The highest BCUT2D eigenvalue weighted by atomic mass is 32.2. The fourth-order valence-electron chi connectivity index (χ4n) is 1.63. The highest BCUT2D eigenvalue weighted by molar-refractivity contribution is 7.99. The summed E-state index contributed by atoms with van der Waals surface area (Å²) in [4.78, 5) is 10.3. The second-order valence-corrected chi connectivity index (χ2v) is 4.85. The maximum absolute atomic E-state index is 10.3. The molecule has 1 aliphatic carbocycles. The normalized spacial score (nSPS) is 28.7. The number of aliphatic carboxylic acids is 1. The van der Waals surface area contributed by atoms with Crippen LogP contribution in [0.2, 0.25) is 0 Å². The summed E-state index contributed by atoms with van der Waals surface area (Å²) < 4.78 is 0. The molecule has 0 radical (unpaired) electrons. The van der Waals surface area contributed by atoms with Crippen molar-refractivity contribution in [3.8, 4) is 0 Å². The van der Waals surface area contributed by atoms with Crippen LogP contribution in [0.4, 0.5) is 0 Å². The summed E-state index contributed by atoms with van der Waals surface area (Å²) in [7, 11) is 0. The largest absolute Gasteiger partial charge is 0.481 e. The third-order valence-electron chi connectivity index (χ3n) is 2.40. The topological polar surface area (TPSA) is 63.3 Å². The maximum Gasteiger partial charge on any atom is 0.304 e. The molecule has 2 unspecified atom stereocenters. The van der Waals surface area contributed by atoms with Gasteiger partial charge < -0.3 is 10.8 Å². The lowest BCUT2D eigenvalue weighted by molar-refractivity contribution is -0.136. The first kappa shape index (κ1) is 10.9. The van der Waals surface area contributed by atoms with E-state index < -0.39 is 5.97 Å². The number of nitrogens with two attached hydrogens (primary N) is 1. The van der Waals surface area contributed by atoms with Crippen molar-refractivity contribution >= 4 is 17.7 Å². The van der Waals surface area contributed by atoms with Gasteiger partial charge in [-0.2, -0.15) is 11.8 Å². The molecule has 0 heterocycles. The minimum atomic E-state index is -0.711. The molecule has 1 fully saturated rings. The van der Waals surface area contributed by atoms with E-state index in [2.05, 4.69) is 0 Å². The van der Waals surface area contributed by atoms with Crippen LogP contribution in [0.3, 0.4) is 0 Å². The van der Waals surface area contributed by atoms with Crippen LogP contribution in [-0.2, 0) is 4.79 Å². The van der Waals surface area contributed by atoms with E-state index in [1.807, 2.05) is 0 Å². The van der Waals surface area contributed by atoms with E-state index in [0.717, 1.165) is 12.8 Å². The summed E-state index contributed by atoms with van der Waals surface area (Å²) in [6.45, 7) is 0. The average Bonchev–Trinajstić information content (AvgIpc) is 2.08. The van der Waals surface area contributed by atoms with Gasteiger partial charge in [-0.15, -0.1) is 0 Å². The molecular weight excluding hydrogens is 186 g/mol. The zero-order chi connectivity index (χ0) is 9.68. The third kappa shape index (κ3) is 4.00. The number of hydrogen-bond acceptors (Lipinski definition) is 3. The van der Waals surface area contributed by atoms with Crippen LogP contribution in [0.1, 0.15) is 32.1 Å². The van der Waals surface area contributed by atoms with Gasteiger partial charge in [-0.05, 0) is 12.8 Å². The Kier molecular flexibility index (Phi) is 4.59. The predicted octanol–water partition coefficient (Wildman–Crippen LogP) is 1.46. The van der Waals surface area contributed by atoms with Crippen molar-refractivity contribution in [3.05, 3.63) is 0 Å². The molecule has 76 valence electrons. The Morgan fingerprint density at radius 1 is 1.46 bits per heavy atom. The highest BCUT2D eigenvalue weighted by Crippen LogP contribution is 2.27. The molecule has 4 heteroatoms. The van der Waals surface area contributed by atoms with Crippen molar-refractivity contribution in [2.75, 3.05) is 5.75 Å². The summed E-state index contributed by atoms with van der Waals surface area (Å²) in [6, 6.07) is 0.285. The van der Waals surface area contributed by atoms with Gasteiger partial charge in [0.2, 0.25) is 0 Å². The Hall–Kier alpha value is -0.220. The van der Waals surface area contributed by atoms with E-state index in [9.17, 15) is 4.79 Å². The molecule has 0 amide bonds.